The molecule has 1 saturated heterocycles. The summed E-state index contributed by atoms with van der Waals surface area (Å²) in [6.45, 7) is -0.500. The average Bonchev–Trinajstić information content (AvgIpc) is 2.19. The molecule has 0 bridgehead atoms. The highest BCUT2D eigenvalue weighted by Gasteiger charge is 2.53. The van der Waals surface area contributed by atoms with Gasteiger partial charge in [0.25, 0.3) is 0 Å². The van der Waals surface area contributed by atoms with Crippen molar-refractivity contribution < 1.29 is 28.2 Å². The molecule has 2 rings (SSSR count). The minimum atomic E-state index is -1.66. The molecule has 90 valence electrons. The third kappa shape index (κ3) is 1.70. The van der Waals surface area contributed by atoms with E-state index in [1.54, 1.807) is 0 Å². The fourth-order valence-corrected chi connectivity index (χ4v) is 1.57. The summed E-state index contributed by atoms with van der Waals surface area (Å²) in [5.74, 6) is -4.36. The number of rotatable bonds is 3. The van der Waals surface area contributed by atoms with E-state index in [2.05, 4.69) is 0 Å². The molecule has 1 heterocycles. The summed E-state index contributed by atoms with van der Waals surface area (Å²) in [7, 11) is 0. The molecule has 1 aromatic rings. The molecular formula is C11H8F2O4. The van der Waals surface area contributed by atoms with E-state index >= 15 is 0 Å². The SMILES string of the molecule is O=C(O)C1(C(=O)c2ccc(F)c(F)c2)COC1. The van der Waals surface area contributed by atoms with Gasteiger partial charge in [0.15, 0.2) is 22.8 Å². The summed E-state index contributed by atoms with van der Waals surface area (Å²) in [6.07, 6.45) is 0. The van der Waals surface area contributed by atoms with Crippen LogP contribution in [0.4, 0.5) is 8.78 Å². The van der Waals surface area contributed by atoms with Crippen molar-refractivity contribution in [1.82, 2.24) is 0 Å². The highest BCUT2D eigenvalue weighted by molar-refractivity contribution is 6.13. The Hall–Kier alpha value is -1.82. The van der Waals surface area contributed by atoms with E-state index in [0.29, 0.717) is 6.07 Å². The lowest BCUT2D eigenvalue weighted by molar-refractivity contribution is -0.169. The molecule has 1 N–H and O–H groups in total. The van der Waals surface area contributed by atoms with Gasteiger partial charge in [-0.05, 0) is 18.2 Å². The van der Waals surface area contributed by atoms with Crippen LogP contribution in [-0.2, 0) is 9.53 Å². The van der Waals surface area contributed by atoms with E-state index in [9.17, 15) is 18.4 Å². The van der Waals surface area contributed by atoms with Crippen molar-refractivity contribution in [3.63, 3.8) is 0 Å². The van der Waals surface area contributed by atoms with Gasteiger partial charge in [0.2, 0.25) is 0 Å². The van der Waals surface area contributed by atoms with Gasteiger partial charge in [-0.25, -0.2) is 8.78 Å². The number of ether oxygens (including phenoxy) is 1. The molecule has 0 unspecified atom stereocenters. The van der Waals surface area contributed by atoms with Gasteiger partial charge in [-0.15, -0.1) is 0 Å². The first kappa shape index (κ1) is 11.7. The second-order valence-corrected chi connectivity index (χ2v) is 3.84. The number of carbonyl (C=O) groups excluding carboxylic acids is 1. The third-order valence-corrected chi connectivity index (χ3v) is 2.72. The van der Waals surface area contributed by atoms with Crippen LogP contribution in [-0.4, -0.2) is 30.1 Å². The second-order valence-electron chi connectivity index (χ2n) is 3.84. The summed E-state index contributed by atoms with van der Waals surface area (Å²) in [6, 6.07) is 2.54. The smallest absolute Gasteiger partial charge is 0.322 e. The van der Waals surface area contributed by atoms with Crippen molar-refractivity contribution in [2.75, 3.05) is 13.2 Å². The number of Topliss-reactive ketones (excluding diaryl/α,β-unsaturated/α-hetero) is 1. The van der Waals surface area contributed by atoms with Crippen LogP contribution in [0.25, 0.3) is 0 Å². The molecule has 1 fully saturated rings. The zero-order valence-corrected chi connectivity index (χ0v) is 8.57. The molecule has 1 aliphatic rings. The Bertz CT molecular complexity index is 494. The molecule has 4 nitrogen and oxygen atoms in total. The Morgan fingerprint density at radius 2 is 1.88 bits per heavy atom. The van der Waals surface area contributed by atoms with Gasteiger partial charge in [-0.2, -0.15) is 0 Å². The molecule has 1 aromatic carbocycles. The molecule has 1 aliphatic heterocycles. The first-order valence-corrected chi connectivity index (χ1v) is 4.78. The summed E-state index contributed by atoms with van der Waals surface area (Å²) < 4.78 is 30.4. The Morgan fingerprint density at radius 3 is 2.29 bits per heavy atom. The quantitative estimate of drug-likeness (QED) is 0.640. The van der Waals surface area contributed by atoms with Crippen molar-refractivity contribution in [1.29, 1.82) is 0 Å². The number of carbonyl (C=O) groups is 2. The third-order valence-electron chi connectivity index (χ3n) is 2.72. The zero-order chi connectivity index (χ0) is 12.6. The van der Waals surface area contributed by atoms with Gasteiger partial charge in [0.1, 0.15) is 0 Å². The van der Waals surface area contributed by atoms with Crippen molar-refractivity contribution in [3.8, 4) is 0 Å². The number of hydrogen-bond acceptors (Lipinski definition) is 3. The van der Waals surface area contributed by atoms with Crippen molar-refractivity contribution >= 4 is 11.8 Å². The lowest BCUT2D eigenvalue weighted by atomic mass is 9.78. The summed E-state index contributed by atoms with van der Waals surface area (Å²) in [4.78, 5) is 22.9. The fourth-order valence-electron chi connectivity index (χ4n) is 1.57. The van der Waals surface area contributed by atoms with Gasteiger partial charge in [0, 0.05) is 5.56 Å². The molecule has 0 aromatic heterocycles. The molecule has 6 heteroatoms. The van der Waals surface area contributed by atoms with Crippen LogP contribution in [0.2, 0.25) is 0 Å². The Balaban J connectivity index is 2.36. The van der Waals surface area contributed by atoms with Crippen molar-refractivity contribution in [3.05, 3.63) is 35.4 Å². The van der Waals surface area contributed by atoms with Crippen LogP contribution in [0, 0.1) is 17.0 Å². The van der Waals surface area contributed by atoms with Crippen LogP contribution >= 0.6 is 0 Å². The van der Waals surface area contributed by atoms with Gasteiger partial charge >= 0.3 is 5.97 Å². The number of benzene rings is 1. The van der Waals surface area contributed by atoms with Crippen molar-refractivity contribution in [2.45, 2.75) is 0 Å². The van der Waals surface area contributed by atoms with E-state index in [1.165, 1.54) is 0 Å². The number of carboxylic acid groups (broad SMARTS) is 1. The number of ketones is 1. The first-order valence-electron chi connectivity index (χ1n) is 4.78. The van der Waals surface area contributed by atoms with Gasteiger partial charge in [-0.3, -0.25) is 9.59 Å². The average molecular weight is 242 g/mol. The van der Waals surface area contributed by atoms with Crippen LogP contribution < -0.4 is 0 Å². The maximum Gasteiger partial charge on any atom is 0.322 e. The zero-order valence-electron chi connectivity index (χ0n) is 8.57. The minimum absolute atomic E-state index is 0.172. The van der Waals surface area contributed by atoms with E-state index in [4.69, 9.17) is 9.84 Å². The van der Waals surface area contributed by atoms with Crippen LogP contribution in [0.1, 0.15) is 10.4 Å². The first-order chi connectivity index (χ1) is 7.97. The summed E-state index contributed by atoms with van der Waals surface area (Å²) >= 11 is 0. The maximum atomic E-state index is 12.9. The number of aliphatic carboxylic acids is 1. The topological polar surface area (TPSA) is 63.6 Å². The molecule has 0 amide bonds. The molecule has 0 saturated carbocycles. The highest BCUT2D eigenvalue weighted by atomic mass is 19.2. The number of hydrogen-bond donors (Lipinski definition) is 1. The Kier molecular flexibility index (Phi) is 2.66. The molecular weight excluding hydrogens is 234 g/mol. The monoisotopic (exact) mass is 242 g/mol. The largest absolute Gasteiger partial charge is 0.480 e. The van der Waals surface area contributed by atoms with Gasteiger partial charge in [0.05, 0.1) is 13.2 Å². The lowest BCUT2D eigenvalue weighted by Gasteiger charge is -2.35. The lowest BCUT2D eigenvalue weighted by Crippen LogP contribution is -2.54. The van der Waals surface area contributed by atoms with Gasteiger partial charge in [-0.1, -0.05) is 0 Å². The molecule has 17 heavy (non-hydrogen) atoms. The molecule has 0 aliphatic carbocycles. The number of carboxylic acids is 1. The minimum Gasteiger partial charge on any atom is -0.480 e. The predicted molar refractivity (Wildman–Crippen MR) is 51.6 cm³/mol. The van der Waals surface area contributed by atoms with E-state index < -0.39 is 28.8 Å². The Morgan fingerprint density at radius 1 is 1.24 bits per heavy atom. The van der Waals surface area contributed by atoms with Gasteiger partial charge < -0.3 is 9.84 Å². The second kappa shape index (κ2) is 3.89. The molecule has 0 radical (unpaired) electrons. The maximum absolute atomic E-state index is 12.9. The highest BCUT2D eigenvalue weighted by Crippen LogP contribution is 2.32. The van der Waals surface area contributed by atoms with Crippen LogP contribution in [0.5, 0.6) is 0 Å². The van der Waals surface area contributed by atoms with E-state index in [1.807, 2.05) is 0 Å². The number of halogens is 2. The van der Waals surface area contributed by atoms with Crippen LogP contribution in [0.3, 0.4) is 0 Å². The summed E-state index contributed by atoms with van der Waals surface area (Å²) in [5.41, 5.74) is -1.83. The van der Waals surface area contributed by atoms with E-state index in [0.717, 1.165) is 12.1 Å². The fraction of sp³-hybridized carbons (Fsp3) is 0.273. The predicted octanol–water partition coefficient (Wildman–Crippen LogP) is 1.25. The Labute approximate surface area is 94.8 Å². The van der Waals surface area contributed by atoms with Crippen LogP contribution in [0.15, 0.2) is 18.2 Å². The standard InChI is InChI=1S/C11H8F2O4/c12-7-2-1-6(3-8(7)13)9(14)11(10(15)16)4-17-5-11/h1-3H,4-5H2,(H,15,16). The molecule has 0 spiro atoms. The molecule has 0 atom stereocenters. The summed E-state index contributed by atoms with van der Waals surface area (Å²) in [5, 5.41) is 8.97. The normalized spacial score (nSPS) is 17.3. The van der Waals surface area contributed by atoms with E-state index in [-0.39, 0.29) is 18.8 Å². The van der Waals surface area contributed by atoms with Crippen molar-refractivity contribution in [2.24, 2.45) is 5.41 Å².